The lowest BCUT2D eigenvalue weighted by atomic mass is 10.1. The summed E-state index contributed by atoms with van der Waals surface area (Å²) in [4.78, 5) is 0.209. The van der Waals surface area contributed by atoms with Crippen LogP contribution in [0, 0.1) is 6.92 Å². The van der Waals surface area contributed by atoms with Gasteiger partial charge in [0, 0.05) is 31.3 Å². The summed E-state index contributed by atoms with van der Waals surface area (Å²) in [5.41, 5.74) is 7.04. The third-order valence-electron chi connectivity index (χ3n) is 3.45. The third kappa shape index (κ3) is 3.96. The molecule has 0 aliphatic carbocycles. The average molecular weight is 335 g/mol. The Hall–Kier alpha value is -0.660. The number of sulfonamides is 1. The summed E-state index contributed by atoms with van der Waals surface area (Å²) in [6.45, 7) is 6.30. The molecule has 1 unspecified atom stereocenters. The second kappa shape index (κ2) is 7.56. The van der Waals surface area contributed by atoms with Gasteiger partial charge in [-0.15, -0.1) is 0 Å². The van der Waals surface area contributed by atoms with Crippen LogP contribution in [-0.4, -0.2) is 39.0 Å². The van der Waals surface area contributed by atoms with Crippen molar-refractivity contribution in [2.45, 2.75) is 38.3 Å². The van der Waals surface area contributed by atoms with Crippen molar-refractivity contribution in [2.24, 2.45) is 5.73 Å². The van der Waals surface area contributed by atoms with Crippen LogP contribution >= 0.6 is 11.6 Å². The highest BCUT2D eigenvalue weighted by Gasteiger charge is 2.29. The van der Waals surface area contributed by atoms with Crippen LogP contribution in [0.4, 0.5) is 0 Å². The van der Waals surface area contributed by atoms with Crippen molar-refractivity contribution in [3.63, 3.8) is 0 Å². The van der Waals surface area contributed by atoms with Crippen molar-refractivity contribution in [3.8, 4) is 0 Å². The fourth-order valence-electron chi connectivity index (χ4n) is 2.36. The number of hydrogen-bond donors (Lipinski definition) is 1. The van der Waals surface area contributed by atoms with Crippen LogP contribution in [0.3, 0.4) is 0 Å². The van der Waals surface area contributed by atoms with Gasteiger partial charge < -0.3 is 10.5 Å². The van der Waals surface area contributed by atoms with E-state index in [1.165, 1.54) is 10.4 Å². The highest BCUT2D eigenvalue weighted by atomic mass is 35.5. The Kier molecular flexibility index (Phi) is 6.62. The van der Waals surface area contributed by atoms with Gasteiger partial charge in [-0.2, -0.15) is 4.31 Å². The van der Waals surface area contributed by atoms with Crippen LogP contribution in [0.2, 0.25) is 5.02 Å². The molecule has 1 aromatic carbocycles. The quantitative estimate of drug-likeness (QED) is 0.829. The highest BCUT2D eigenvalue weighted by Crippen LogP contribution is 2.27. The van der Waals surface area contributed by atoms with Gasteiger partial charge in [0.25, 0.3) is 0 Å². The number of nitrogens with zero attached hydrogens (tertiary/aromatic N) is 1. The van der Waals surface area contributed by atoms with Gasteiger partial charge >= 0.3 is 0 Å². The molecule has 2 N–H and O–H groups in total. The number of halogens is 1. The average Bonchev–Trinajstić information content (AvgIpc) is 2.41. The second-order valence-corrected chi connectivity index (χ2v) is 7.20. The van der Waals surface area contributed by atoms with E-state index in [-0.39, 0.29) is 17.5 Å². The molecule has 0 radical (unpaired) electrons. The molecule has 1 atom stereocenters. The lowest BCUT2D eigenvalue weighted by molar-refractivity contribution is 0.142. The van der Waals surface area contributed by atoms with Crippen LogP contribution in [0.15, 0.2) is 17.0 Å². The van der Waals surface area contributed by atoms with E-state index in [0.29, 0.717) is 23.7 Å². The summed E-state index contributed by atoms with van der Waals surface area (Å²) in [5, 5.41) is 0.370. The number of likely N-dealkylation sites (N-methyl/N-ethyl adjacent to an activating group) is 1. The molecule has 0 aliphatic heterocycles. The summed E-state index contributed by atoms with van der Waals surface area (Å²) in [6.07, 6.45) is 0. The molecule has 0 amide bonds. The van der Waals surface area contributed by atoms with Crippen LogP contribution in [0.25, 0.3) is 0 Å². The number of nitrogens with two attached hydrogens (primary N) is 1. The lowest BCUT2D eigenvalue weighted by Crippen LogP contribution is -2.41. The number of hydrogen-bond acceptors (Lipinski definition) is 4. The minimum Gasteiger partial charge on any atom is -0.383 e. The number of ether oxygens (including phenoxy) is 1. The predicted octanol–water partition coefficient (Wildman–Crippen LogP) is 2.15. The van der Waals surface area contributed by atoms with Gasteiger partial charge in [0.05, 0.1) is 11.5 Å². The van der Waals surface area contributed by atoms with Crippen LogP contribution in [0.1, 0.15) is 25.0 Å². The molecular weight excluding hydrogens is 312 g/mol. The molecule has 0 spiro atoms. The zero-order valence-corrected chi connectivity index (χ0v) is 14.5. The van der Waals surface area contributed by atoms with Crippen molar-refractivity contribution in [2.75, 3.05) is 20.3 Å². The van der Waals surface area contributed by atoms with E-state index < -0.39 is 10.0 Å². The molecule has 21 heavy (non-hydrogen) atoms. The Morgan fingerprint density at radius 2 is 2.05 bits per heavy atom. The van der Waals surface area contributed by atoms with Crippen molar-refractivity contribution < 1.29 is 13.2 Å². The predicted molar refractivity (Wildman–Crippen MR) is 85.0 cm³/mol. The highest BCUT2D eigenvalue weighted by molar-refractivity contribution is 7.89. The van der Waals surface area contributed by atoms with Crippen LogP contribution < -0.4 is 5.73 Å². The van der Waals surface area contributed by atoms with Gasteiger partial charge in [0.15, 0.2) is 0 Å². The van der Waals surface area contributed by atoms with Gasteiger partial charge in [-0.3, -0.25) is 0 Å². The fraction of sp³-hybridized carbons (Fsp3) is 0.571. The standard InChI is InChI=1S/C14H23ClN2O3S/c1-5-17(10(2)9-20-4)21(18,19)14-7-13(15)6-12(8-16)11(14)3/h6-7,10H,5,8-9,16H2,1-4H3. The van der Waals surface area contributed by atoms with Crippen LogP contribution in [0.5, 0.6) is 0 Å². The molecule has 0 bridgehead atoms. The number of benzene rings is 1. The van der Waals surface area contributed by atoms with Crippen molar-refractivity contribution in [1.82, 2.24) is 4.31 Å². The largest absolute Gasteiger partial charge is 0.383 e. The Bertz CT molecular complexity index is 590. The molecule has 0 saturated carbocycles. The summed E-state index contributed by atoms with van der Waals surface area (Å²) >= 11 is 6.03. The molecular formula is C14H23ClN2O3S. The molecule has 0 heterocycles. The lowest BCUT2D eigenvalue weighted by Gasteiger charge is -2.27. The molecule has 0 aromatic heterocycles. The number of rotatable bonds is 7. The van der Waals surface area contributed by atoms with Gasteiger partial charge in [-0.1, -0.05) is 18.5 Å². The van der Waals surface area contributed by atoms with E-state index in [1.54, 1.807) is 27.0 Å². The van der Waals surface area contributed by atoms with Crippen molar-refractivity contribution >= 4 is 21.6 Å². The van der Waals surface area contributed by atoms with Gasteiger partial charge in [0.1, 0.15) is 0 Å². The maximum Gasteiger partial charge on any atom is 0.243 e. The minimum atomic E-state index is -3.64. The molecule has 0 aliphatic rings. The monoisotopic (exact) mass is 334 g/mol. The SMILES string of the molecule is CCN(C(C)COC)S(=O)(=O)c1cc(Cl)cc(CN)c1C. The summed E-state index contributed by atoms with van der Waals surface area (Å²) < 4.78 is 32.3. The van der Waals surface area contributed by atoms with Gasteiger partial charge in [-0.25, -0.2) is 8.42 Å². The summed E-state index contributed by atoms with van der Waals surface area (Å²) in [5.74, 6) is 0. The molecule has 5 nitrogen and oxygen atoms in total. The van der Waals surface area contributed by atoms with Gasteiger partial charge in [-0.05, 0) is 37.1 Å². The maximum absolute atomic E-state index is 12.9. The van der Waals surface area contributed by atoms with Crippen molar-refractivity contribution in [1.29, 1.82) is 0 Å². The molecule has 7 heteroatoms. The minimum absolute atomic E-state index is 0.209. The molecule has 1 rings (SSSR count). The first-order chi connectivity index (χ1) is 9.79. The van der Waals surface area contributed by atoms with E-state index in [4.69, 9.17) is 22.1 Å². The molecule has 120 valence electrons. The molecule has 0 saturated heterocycles. The maximum atomic E-state index is 12.9. The second-order valence-electron chi connectivity index (χ2n) is 4.90. The van der Waals surface area contributed by atoms with Crippen molar-refractivity contribution in [3.05, 3.63) is 28.3 Å². The Morgan fingerprint density at radius 3 is 2.52 bits per heavy atom. The van der Waals surface area contributed by atoms with Crippen LogP contribution in [-0.2, 0) is 21.3 Å². The first kappa shape index (κ1) is 18.4. The fourth-order valence-corrected chi connectivity index (χ4v) is 4.58. The third-order valence-corrected chi connectivity index (χ3v) is 5.88. The normalized spacial score (nSPS) is 13.7. The zero-order valence-electron chi connectivity index (χ0n) is 12.9. The summed E-state index contributed by atoms with van der Waals surface area (Å²) in [6, 6.07) is 2.92. The Labute approximate surface area is 132 Å². The topological polar surface area (TPSA) is 72.6 Å². The first-order valence-electron chi connectivity index (χ1n) is 6.79. The first-order valence-corrected chi connectivity index (χ1v) is 8.61. The Morgan fingerprint density at radius 1 is 1.43 bits per heavy atom. The zero-order chi connectivity index (χ0) is 16.2. The molecule has 1 aromatic rings. The van der Waals surface area contributed by atoms with E-state index >= 15 is 0 Å². The van der Waals surface area contributed by atoms with E-state index in [1.807, 2.05) is 6.92 Å². The smallest absolute Gasteiger partial charge is 0.243 e. The number of methoxy groups -OCH3 is 1. The van der Waals surface area contributed by atoms with E-state index in [9.17, 15) is 8.42 Å². The van der Waals surface area contributed by atoms with Gasteiger partial charge in [0.2, 0.25) is 10.0 Å². The Balaban J connectivity index is 3.39. The summed E-state index contributed by atoms with van der Waals surface area (Å²) in [7, 11) is -2.10. The van der Waals surface area contributed by atoms with E-state index in [2.05, 4.69) is 0 Å². The molecule has 0 fully saturated rings. The van der Waals surface area contributed by atoms with E-state index in [0.717, 1.165) is 5.56 Å².